The number of aromatic nitrogens is 1. The fourth-order valence-electron chi connectivity index (χ4n) is 2.15. The Morgan fingerprint density at radius 3 is 3.11 bits per heavy atom. The van der Waals surface area contributed by atoms with Crippen molar-refractivity contribution in [2.24, 2.45) is 0 Å². The SMILES string of the molecule is CC(C)NCc1cccnc1N1CCNC(=O)CC1. The molecule has 5 nitrogen and oxygen atoms in total. The number of anilines is 1. The zero-order chi connectivity index (χ0) is 13.7. The van der Waals surface area contributed by atoms with Gasteiger partial charge < -0.3 is 15.5 Å². The summed E-state index contributed by atoms with van der Waals surface area (Å²) in [5.74, 6) is 1.12. The topological polar surface area (TPSA) is 57.3 Å². The van der Waals surface area contributed by atoms with Crippen LogP contribution in [0.1, 0.15) is 25.8 Å². The maximum Gasteiger partial charge on any atom is 0.221 e. The van der Waals surface area contributed by atoms with Crippen molar-refractivity contribution in [1.82, 2.24) is 15.6 Å². The molecule has 19 heavy (non-hydrogen) atoms. The fourth-order valence-corrected chi connectivity index (χ4v) is 2.15. The van der Waals surface area contributed by atoms with Gasteiger partial charge in [-0.25, -0.2) is 4.98 Å². The van der Waals surface area contributed by atoms with Gasteiger partial charge >= 0.3 is 0 Å². The van der Waals surface area contributed by atoms with E-state index in [0.717, 1.165) is 25.5 Å². The zero-order valence-corrected chi connectivity index (χ0v) is 11.6. The van der Waals surface area contributed by atoms with Gasteiger partial charge in [-0.15, -0.1) is 0 Å². The lowest BCUT2D eigenvalue weighted by molar-refractivity contribution is -0.120. The molecule has 0 unspecified atom stereocenters. The number of nitrogens with one attached hydrogen (secondary N) is 2. The highest BCUT2D eigenvalue weighted by Crippen LogP contribution is 2.18. The summed E-state index contributed by atoms with van der Waals surface area (Å²) < 4.78 is 0. The Kier molecular flexibility index (Phi) is 4.74. The molecule has 104 valence electrons. The predicted octanol–water partition coefficient (Wildman–Crippen LogP) is 0.906. The third-order valence-corrected chi connectivity index (χ3v) is 3.18. The highest BCUT2D eigenvalue weighted by Gasteiger charge is 2.17. The normalized spacial score (nSPS) is 16.4. The van der Waals surface area contributed by atoms with Gasteiger partial charge in [-0.05, 0) is 6.07 Å². The molecule has 0 radical (unpaired) electrons. The van der Waals surface area contributed by atoms with Crippen LogP contribution in [0.15, 0.2) is 18.3 Å². The largest absolute Gasteiger partial charge is 0.354 e. The average molecular weight is 262 g/mol. The number of carbonyl (C=O) groups is 1. The first-order chi connectivity index (χ1) is 9.16. The third-order valence-electron chi connectivity index (χ3n) is 3.18. The number of hydrogen-bond donors (Lipinski definition) is 2. The van der Waals surface area contributed by atoms with Gasteiger partial charge in [0.25, 0.3) is 0 Å². The van der Waals surface area contributed by atoms with Crippen molar-refractivity contribution in [1.29, 1.82) is 0 Å². The van der Waals surface area contributed by atoms with Gasteiger partial charge in [0, 0.05) is 50.4 Å². The average Bonchev–Trinajstić information content (AvgIpc) is 2.61. The first-order valence-electron chi connectivity index (χ1n) is 6.85. The van der Waals surface area contributed by atoms with Gasteiger partial charge in [-0.1, -0.05) is 19.9 Å². The minimum atomic E-state index is 0.125. The van der Waals surface area contributed by atoms with Crippen molar-refractivity contribution >= 4 is 11.7 Å². The van der Waals surface area contributed by atoms with E-state index < -0.39 is 0 Å². The molecule has 0 atom stereocenters. The third kappa shape index (κ3) is 3.92. The van der Waals surface area contributed by atoms with E-state index in [-0.39, 0.29) is 5.91 Å². The molecule has 2 rings (SSSR count). The lowest BCUT2D eigenvalue weighted by Gasteiger charge is -2.23. The molecule has 1 aromatic rings. The van der Waals surface area contributed by atoms with Crippen LogP contribution in [0, 0.1) is 0 Å². The van der Waals surface area contributed by atoms with Crippen LogP contribution in [0.3, 0.4) is 0 Å². The van der Waals surface area contributed by atoms with Gasteiger partial charge in [0.2, 0.25) is 5.91 Å². The first kappa shape index (κ1) is 13.8. The number of carbonyl (C=O) groups excluding carboxylic acids is 1. The van der Waals surface area contributed by atoms with Crippen molar-refractivity contribution in [3.8, 4) is 0 Å². The number of pyridine rings is 1. The molecule has 0 bridgehead atoms. The molecule has 1 aromatic heterocycles. The van der Waals surface area contributed by atoms with Crippen molar-refractivity contribution in [2.75, 3.05) is 24.5 Å². The Hall–Kier alpha value is -1.62. The van der Waals surface area contributed by atoms with Gasteiger partial charge in [-0.2, -0.15) is 0 Å². The van der Waals surface area contributed by atoms with E-state index in [1.54, 1.807) is 0 Å². The minimum Gasteiger partial charge on any atom is -0.354 e. The van der Waals surface area contributed by atoms with Gasteiger partial charge in [-0.3, -0.25) is 4.79 Å². The Morgan fingerprint density at radius 2 is 2.32 bits per heavy atom. The predicted molar refractivity (Wildman–Crippen MR) is 76.1 cm³/mol. The summed E-state index contributed by atoms with van der Waals surface area (Å²) in [5.41, 5.74) is 1.19. The second kappa shape index (κ2) is 6.52. The summed E-state index contributed by atoms with van der Waals surface area (Å²) in [6, 6.07) is 4.50. The van der Waals surface area contributed by atoms with E-state index in [2.05, 4.69) is 40.4 Å². The molecule has 0 aromatic carbocycles. The van der Waals surface area contributed by atoms with Crippen LogP contribution in [0.2, 0.25) is 0 Å². The molecule has 2 heterocycles. The molecule has 0 aliphatic carbocycles. The van der Waals surface area contributed by atoms with Crippen LogP contribution in [0.25, 0.3) is 0 Å². The van der Waals surface area contributed by atoms with Crippen molar-refractivity contribution in [3.05, 3.63) is 23.9 Å². The molecule has 1 fully saturated rings. The van der Waals surface area contributed by atoms with E-state index in [1.165, 1.54) is 5.56 Å². The number of hydrogen-bond acceptors (Lipinski definition) is 4. The number of nitrogens with zero attached hydrogens (tertiary/aromatic N) is 2. The maximum atomic E-state index is 11.4. The Balaban J connectivity index is 2.11. The van der Waals surface area contributed by atoms with Gasteiger partial charge in [0.05, 0.1) is 0 Å². The van der Waals surface area contributed by atoms with Crippen molar-refractivity contribution in [3.63, 3.8) is 0 Å². The molecule has 0 spiro atoms. The molecule has 0 saturated carbocycles. The summed E-state index contributed by atoms with van der Waals surface area (Å²) in [7, 11) is 0. The summed E-state index contributed by atoms with van der Waals surface area (Å²) in [6.45, 7) is 7.30. The lowest BCUT2D eigenvalue weighted by atomic mass is 10.2. The summed E-state index contributed by atoms with van der Waals surface area (Å²) in [6.07, 6.45) is 2.35. The lowest BCUT2D eigenvalue weighted by Crippen LogP contribution is -2.31. The second-order valence-corrected chi connectivity index (χ2v) is 5.11. The van der Waals surface area contributed by atoms with Crippen LogP contribution < -0.4 is 15.5 Å². The highest BCUT2D eigenvalue weighted by atomic mass is 16.1. The van der Waals surface area contributed by atoms with Crippen LogP contribution >= 0.6 is 0 Å². The molecule has 1 saturated heterocycles. The van der Waals surface area contributed by atoms with E-state index in [1.807, 2.05) is 12.3 Å². The maximum absolute atomic E-state index is 11.4. The summed E-state index contributed by atoms with van der Waals surface area (Å²) in [4.78, 5) is 18.1. The highest BCUT2D eigenvalue weighted by molar-refractivity contribution is 5.77. The Morgan fingerprint density at radius 1 is 1.47 bits per heavy atom. The van der Waals surface area contributed by atoms with E-state index in [4.69, 9.17) is 0 Å². The smallest absolute Gasteiger partial charge is 0.221 e. The van der Waals surface area contributed by atoms with E-state index >= 15 is 0 Å². The molecule has 1 amide bonds. The Bertz CT molecular complexity index is 433. The zero-order valence-electron chi connectivity index (χ0n) is 11.6. The Labute approximate surface area is 114 Å². The fraction of sp³-hybridized carbons (Fsp3) is 0.571. The minimum absolute atomic E-state index is 0.125. The number of rotatable bonds is 4. The molecular weight excluding hydrogens is 240 g/mol. The van der Waals surface area contributed by atoms with Crippen LogP contribution in [0.5, 0.6) is 0 Å². The second-order valence-electron chi connectivity index (χ2n) is 5.11. The monoisotopic (exact) mass is 262 g/mol. The van der Waals surface area contributed by atoms with Crippen molar-refractivity contribution in [2.45, 2.75) is 32.9 Å². The van der Waals surface area contributed by atoms with Crippen LogP contribution in [-0.2, 0) is 11.3 Å². The first-order valence-corrected chi connectivity index (χ1v) is 6.85. The summed E-state index contributed by atoms with van der Waals surface area (Å²) in [5, 5.41) is 6.31. The molecule has 1 aliphatic heterocycles. The molecule has 1 aliphatic rings. The summed E-state index contributed by atoms with van der Waals surface area (Å²) >= 11 is 0. The molecular formula is C14H22N4O. The van der Waals surface area contributed by atoms with Gasteiger partial charge in [0.1, 0.15) is 5.82 Å². The van der Waals surface area contributed by atoms with E-state index in [0.29, 0.717) is 19.0 Å². The standard InChI is InChI=1S/C14H22N4O/c1-11(2)17-10-12-4-3-6-16-14(12)18-8-5-13(19)15-7-9-18/h3-4,6,11,17H,5,7-10H2,1-2H3,(H,15,19). The molecule has 5 heteroatoms. The van der Waals surface area contributed by atoms with Crippen molar-refractivity contribution < 1.29 is 4.79 Å². The van der Waals surface area contributed by atoms with E-state index in [9.17, 15) is 4.79 Å². The number of amides is 1. The quantitative estimate of drug-likeness (QED) is 0.846. The van der Waals surface area contributed by atoms with Crippen LogP contribution in [-0.4, -0.2) is 36.6 Å². The van der Waals surface area contributed by atoms with Gasteiger partial charge in [0.15, 0.2) is 0 Å². The molecule has 2 N–H and O–H groups in total. The van der Waals surface area contributed by atoms with Crippen LogP contribution in [0.4, 0.5) is 5.82 Å².